The van der Waals surface area contributed by atoms with Gasteiger partial charge in [-0.3, -0.25) is 4.74 Å². The number of hydrogen-bond donors (Lipinski definition) is 0. The third-order valence-electron chi connectivity index (χ3n) is 1.70. The van der Waals surface area contributed by atoms with E-state index in [-0.39, 0.29) is 0 Å². The highest BCUT2D eigenvalue weighted by molar-refractivity contribution is 5.05. The van der Waals surface area contributed by atoms with Crippen molar-refractivity contribution in [1.29, 1.82) is 0 Å². The van der Waals surface area contributed by atoms with E-state index in [0.29, 0.717) is 0 Å². The van der Waals surface area contributed by atoms with Crippen LogP contribution in [0.3, 0.4) is 0 Å². The van der Waals surface area contributed by atoms with Crippen molar-refractivity contribution in [2.75, 3.05) is 0 Å². The van der Waals surface area contributed by atoms with Gasteiger partial charge in [-0.2, -0.15) is 48.3 Å². The van der Waals surface area contributed by atoms with Crippen molar-refractivity contribution in [1.82, 2.24) is 0 Å². The van der Waals surface area contributed by atoms with Crippen LogP contribution in [0.2, 0.25) is 0 Å². The minimum atomic E-state index is -5.87. The predicted octanol–water partition coefficient (Wildman–Crippen LogP) is 4.95. The smallest absolute Gasteiger partial charge is 0.250 e. The SMILES string of the molecule is CC(F)(F)C(F)(F)OC(F)(F)CC(F)(F)C(F)=C(F)F. The average Bonchev–Trinajstić information content (AvgIpc) is 2.10. The number of allylic oxidation sites excluding steroid dienone is 1. The highest BCUT2D eigenvalue weighted by Gasteiger charge is 2.61. The van der Waals surface area contributed by atoms with E-state index in [1.54, 1.807) is 0 Å². The Bertz CT molecular complexity index is 376. The van der Waals surface area contributed by atoms with Crippen molar-refractivity contribution in [2.45, 2.75) is 37.4 Å². The first-order valence-electron chi connectivity index (χ1n) is 4.44. The van der Waals surface area contributed by atoms with Gasteiger partial charge in [-0.25, -0.2) is 0 Å². The molecule has 0 saturated heterocycles. The van der Waals surface area contributed by atoms with Crippen molar-refractivity contribution >= 4 is 0 Å². The summed E-state index contributed by atoms with van der Waals surface area (Å²) in [5, 5.41) is 0. The Labute approximate surface area is 104 Å². The molecule has 0 unspecified atom stereocenters. The van der Waals surface area contributed by atoms with E-state index in [1.807, 2.05) is 0 Å². The van der Waals surface area contributed by atoms with Crippen LogP contribution in [0.15, 0.2) is 11.9 Å². The summed E-state index contributed by atoms with van der Waals surface area (Å²) >= 11 is 0. The van der Waals surface area contributed by atoms with E-state index in [4.69, 9.17) is 0 Å². The van der Waals surface area contributed by atoms with Crippen LogP contribution in [0.4, 0.5) is 48.3 Å². The topological polar surface area (TPSA) is 9.23 Å². The number of rotatable bonds is 6. The number of alkyl halides is 8. The Morgan fingerprint density at radius 2 is 1.25 bits per heavy atom. The zero-order chi connectivity index (χ0) is 16.6. The van der Waals surface area contributed by atoms with Crippen LogP contribution in [0, 0.1) is 0 Å². The average molecular weight is 326 g/mol. The van der Waals surface area contributed by atoms with Gasteiger partial charge < -0.3 is 0 Å². The summed E-state index contributed by atoms with van der Waals surface area (Å²) < 4.78 is 137. The highest BCUT2D eigenvalue weighted by atomic mass is 19.3. The lowest BCUT2D eigenvalue weighted by molar-refractivity contribution is -0.433. The molecular weight excluding hydrogens is 321 g/mol. The van der Waals surface area contributed by atoms with Crippen molar-refractivity contribution in [2.24, 2.45) is 0 Å². The molecular formula is C8H5F11O. The second kappa shape index (κ2) is 5.37. The van der Waals surface area contributed by atoms with Crippen LogP contribution >= 0.6 is 0 Å². The molecule has 0 atom stereocenters. The van der Waals surface area contributed by atoms with Crippen molar-refractivity contribution in [3.63, 3.8) is 0 Å². The zero-order valence-electron chi connectivity index (χ0n) is 9.27. The van der Waals surface area contributed by atoms with Gasteiger partial charge in [-0.15, -0.1) is 0 Å². The van der Waals surface area contributed by atoms with Gasteiger partial charge >= 0.3 is 30.1 Å². The molecule has 0 N–H and O–H groups in total. The van der Waals surface area contributed by atoms with Crippen molar-refractivity contribution in [3.8, 4) is 0 Å². The Kier molecular flexibility index (Phi) is 5.08. The van der Waals surface area contributed by atoms with E-state index in [9.17, 15) is 48.3 Å². The second-order valence-electron chi connectivity index (χ2n) is 3.60. The van der Waals surface area contributed by atoms with Crippen LogP contribution in [0.5, 0.6) is 0 Å². The molecule has 0 amide bonds. The fraction of sp³-hybridized carbons (Fsp3) is 0.750. The lowest BCUT2D eigenvalue weighted by Crippen LogP contribution is -2.47. The number of halogens is 11. The van der Waals surface area contributed by atoms with E-state index in [1.165, 1.54) is 0 Å². The van der Waals surface area contributed by atoms with Crippen LogP contribution in [0.1, 0.15) is 13.3 Å². The van der Waals surface area contributed by atoms with E-state index >= 15 is 0 Å². The maximum absolute atomic E-state index is 12.6. The molecule has 0 aromatic carbocycles. The molecule has 120 valence electrons. The monoisotopic (exact) mass is 326 g/mol. The van der Waals surface area contributed by atoms with Crippen LogP contribution in [0.25, 0.3) is 0 Å². The molecule has 0 aromatic rings. The lowest BCUT2D eigenvalue weighted by atomic mass is 10.2. The molecule has 0 heterocycles. The Morgan fingerprint density at radius 1 is 0.850 bits per heavy atom. The summed E-state index contributed by atoms with van der Waals surface area (Å²) in [6.07, 6.45) is -18.5. The van der Waals surface area contributed by atoms with Gasteiger partial charge in [0.05, 0.1) is 0 Å². The third kappa shape index (κ3) is 4.80. The fourth-order valence-electron chi connectivity index (χ4n) is 0.788. The Morgan fingerprint density at radius 3 is 1.55 bits per heavy atom. The van der Waals surface area contributed by atoms with Gasteiger partial charge in [0, 0.05) is 6.92 Å². The maximum Gasteiger partial charge on any atom is 0.423 e. The summed E-state index contributed by atoms with van der Waals surface area (Å²) in [5.41, 5.74) is 0. The van der Waals surface area contributed by atoms with Gasteiger partial charge in [-0.05, 0) is 0 Å². The van der Waals surface area contributed by atoms with Crippen LogP contribution in [-0.2, 0) is 4.74 Å². The number of ether oxygens (including phenoxy) is 1. The first-order valence-corrected chi connectivity index (χ1v) is 4.44. The van der Waals surface area contributed by atoms with E-state index in [2.05, 4.69) is 4.74 Å². The van der Waals surface area contributed by atoms with Crippen LogP contribution in [-0.4, -0.2) is 24.1 Å². The molecule has 0 aromatic heterocycles. The maximum atomic E-state index is 12.6. The minimum Gasteiger partial charge on any atom is -0.250 e. The lowest BCUT2D eigenvalue weighted by Gasteiger charge is -2.28. The van der Waals surface area contributed by atoms with Gasteiger partial charge in [-0.1, -0.05) is 0 Å². The van der Waals surface area contributed by atoms with Crippen molar-refractivity contribution in [3.05, 3.63) is 11.9 Å². The van der Waals surface area contributed by atoms with Crippen LogP contribution < -0.4 is 0 Å². The molecule has 0 aliphatic carbocycles. The number of hydrogen-bond acceptors (Lipinski definition) is 1. The standard InChI is InChI=1S/C8H5F11O/c1-5(12,13)8(18,19)20-7(16,17)2-6(14,15)3(9)4(10)11/h2H2,1H3. The van der Waals surface area contributed by atoms with Gasteiger partial charge in [0.1, 0.15) is 6.42 Å². The molecule has 12 heteroatoms. The third-order valence-corrected chi connectivity index (χ3v) is 1.70. The fourth-order valence-corrected chi connectivity index (χ4v) is 0.788. The first-order chi connectivity index (χ1) is 8.52. The molecule has 20 heavy (non-hydrogen) atoms. The first kappa shape index (κ1) is 18.9. The van der Waals surface area contributed by atoms with Crippen molar-refractivity contribution < 1.29 is 53.0 Å². The Hall–Kier alpha value is -1.07. The van der Waals surface area contributed by atoms with Gasteiger partial charge in [0.15, 0.2) is 0 Å². The summed E-state index contributed by atoms with van der Waals surface area (Å²) in [4.78, 5) is 0. The molecule has 1 nitrogen and oxygen atoms in total. The molecule has 0 bridgehead atoms. The quantitative estimate of drug-likeness (QED) is 0.628. The summed E-state index contributed by atoms with van der Waals surface area (Å²) in [6, 6.07) is 0. The normalized spacial score (nSPS) is 14.4. The highest BCUT2D eigenvalue weighted by Crippen LogP contribution is 2.44. The molecule has 0 rings (SSSR count). The Balaban J connectivity index is 5.16. The summed E-state index contributed by atoms with van der Waals surface area (Å²) in [6.45, 7) is -0.553. The van der Waals surface area contributed by atoms with E-state index < -0.39 is 49.3 Å². The molecule has 0 fully saturated rings. The minimum absolute atomic E-state index is 0.553. The molecule has 0 saturated carbocycles. The molecule has 0 spiro atoms. The van der Waals surface area contributed by atoms with E-state index in [0.717, 1.165) is 0 Å². The molecule has 0 aliphatic heterocycles. The zero-order valence-corrected chi connectivity index (χ0v) is 9.27. The molecule has 0 radical (unpaired) electrons. The largest absolute Gasteiger partial charge is 0.423 e. The predicted molar refractivity (Wildman–Crippen MR) is 41.5 cm³/mol. The second-order valence-corrected chi connectivity index (χ2v) is 3.60. The summed E-state index contributed by atoms with van der Waals surface area (Å²) in [7, 11) is 0. The van der Waals surface area contributed by atoms with Gasteiger partial charge in [0.2, 0.25) is 5.83 Å². The summed E-state index contributed by atoms with van der Waals surface area (Å²) in [5.74, 6) is -14.4. The van der Waals surface area contributed by atoms with Gasteiger partial charge in [0.25, 0.3) is 0 Å². The molecule has 0 aliphatic rings.